The first-order valence-electron chi connectivity index (χ1n) is 6.36. The number of esters is 1. The zero-order chi connectivity index (χ0) is 14.7. The van der Waals surface area contributed by atoms with Gasteiger partial charge < -0.3 is 10.1 Å². The van der Waals surface area contributed by atoms with Crippen molar-refractivity contribution in [1.29, 1.82) is 0 Å². The van der Waals surface area contributed by atoms with Gasteiger partial charge in [0.15, 0.2) is 6.10 Å². The Balaban J connectivity index is 2.01. The van der Waals surface area contributed by atoms with Gasteiger partial charge in [-0.25, -0.2) is 4.79 Å². The number of rotatable bonds is 5. The fraction of sp³-hybridized carbons (Fsp3) is 0.429. The van der Waals surface area contributed by atoms with E-state index in [0.29, 0.717) is 5.02 Å². The number of carbonyl (C=O) groups excluding carboxylic acids is 2. The predicted molar refractivity (Wildman–Crippen MR) is 79.3 cm³/mol. The third-order valence-electron chi connectivity index (χ3n) is 2.97. The van der Waals surface area contributed by atoms with Crippen LogP contribution in [0, 0.1) is 0 Å². The third-order valence-corrected chi connectivity index (χ3v) is 4.03. The van der Waals surface area contributed by atoms with Gasteiger partial charge in [0.25, 0.3) is 5.91 Å². The van der Waals surface area contributed by atoms with Crippen molar-refractivity contribution in [1.82, 2.24) is 5.32 Å². The van der Waals surface area contributed by atoms with E-state index in [-0.39, 0.29) is 17.5 Å². The normalized spacial score (nSPS) is 15.6. The maximum absolute atomic E-state index is 12.1. The Morgan fingerprint density at radius 3 is 2.75 bits per heavy atom. The van der Waals surface area contributed by atoms with Crippen molar-refractivity contribution in [3.63, 3.8) is 0 Å². The molecule has 6 heteroatoms. The molecule has 0 aliphatic heterocycles. The first kappa shape index (κ1) is 15.2. The summed E-state index contributed by atoms with van der Waals surface area (Å²) >= 11 is 7.50. The Morgan fingerprint density at radius 2 is 2.15 bits per heavy atom. The summed E-state index contributed by atoms with van der Waals surface area (Å²) < 4.78 is 5.16. The zero-order valence-corrected chi connectivity index (χ0v) is 12.9. The van der Waals surface area contributed by atoms with Crippen LogP contribution in [0.2, 0.25) is 5.02 Å². The summed E-state index contributed by atoms with van der Waals surface area (Å²) in [6.45, 7) is 1.56. The molecule has 20 heavy (non-hydrogen) atoms. The quantitative estimate of drug-likeness (QED) is 0.671. The van der Waals surface area contributed by atoms with E-state index >= 15 is 0 Å². The molecule has 1 saturated carbocycles. The van der Waals surface area contributed by atoms with Gasteiger partial charge in [-0.05, 0) is 44.2 Å². The fourth-order valence-corrected chi connectivity index (χ4v) is 2.25. The largest absolute Gasteiger partial charge is 0.449 e. The van der Waals surface area contributed by atoms with E-state index in [1.807, 2.05) is 12.3 Å². The highest BCUT2D eigenvalue weighted by molar-refractivity contribution is 7.98. The molecule has 1 atom stereocenters. The molecule has 1 fully saturated rings. The molecule has 0 bridgehead atoms. The molecule has 1 N–H and O–H groups in total. The third kappa shape index (κ3) is 3.90. The molecule has 1 aromatic rings. The van der Waals surface area contributed by atoms with Crippen LogP contribution in [0.25, 0.3) is 0 Å². The lowest BCUT2D eigenvalue weighted by molar-refractivity contribution is -0.129. The van der Waals surface area contributed by atoms with Crippen LogP contribution in [0.15, 0.2) is 23.1 Å². The minimum Gasteiger partial charge on any atom is -0.449 e. The SMILES string of the molecule is CSc1ccc(Cl)c(C(=O)O[C@H](C)C(=O)NC2CC2)c1. The predicted octanol–water partition coefficient (Wildman–Crippen LogP) is 2.89. The van der Waals surface area contributed by atoms with Crippen LogP contribution >= 0.6 is 23.4 Å². The Hall–Kier alpha value is -1.20. The summed E-state index contributed by atoms with van der Waals surface area (Å²) in [5.41, 5.74) is 0.282. The van der Waals surface area contributed by atoms with Crippen LogP contribution in [-0.4, -0.2) is 30.3 Å². The van der Waals surface area contributed by atoms with Crippen LogP contribution in [0.1, 0.15) is 30.1 Å². The molecule has 1 aliphatic rings. The maximum atomic E-state index is 12.1. The van der Waals surface area contributed by atoms with Crippen molar-refractivity contribution >= 4 is 35.2 Å². The topological polar surface area (TPSA) is 55.4 Å². The number of amides is 1. The standard InChI is InChI=1S/C14H16ClNO3S/c1-8(13(17)16-9-3-4-9)19-14(18)11-7-10(20-2)5-6-12(11)15/h5-9H,3-4H2,1-2H3,(H,16,17)/t8-/m1/s1. The summed E-state index contributed by atoms with van der Waals surface area (Å²) in [5, 5.41) is 3.12. The molecule has 2 rings (SSSR count). The van der Waals surface area contributed by atoms with Crippen molar-refractivity contribution in [2.45, 2.75) is 36.8 Å². The second-order valence-corrected chi connectivity index (χ2v) is 5.96. The first-order chi connectivity index (χ1) is 9.51. The van der Waals surface area contributed by atoms with Gasteiger partial charge in [0.05, 0.1) is 10.6 Å². The van der Waals surface area contributed by atoms with Crippen LogP contribution in [0.5, 0.6) is 0 Å². The molecule has 4 nitrogen and oxygen atoms in total. The highest BCUT2D eigenvalue weighted by Gasteiger charge is 2.27. The van der Waals surface area contributed by atoms with Gasteiger partial charge in [-0.2, -0.15) is 0 Å². The van der Waals surface area contributed by atoms with E-state index in [0.717, 1.165) is 17.7 Å². The number of ether oxygens (including phenoxy) is 1. The number of hydrogen-bond acceptors (Lipinski definition) is 4. The molecular weight excluding hydrogens is 298 g/mol. The molecule has 1 aromatic carbocycles. The van der Waals surface area contributed by atoms with Gasteiger partial charge in [-0.3, -0.25) is 4.79 Å². The van der Waals surface area contributed by atoms with E-state index in [1.54, 1.807) is 19.1 Å². The summed E-state index contributed by atoms with van der Waals surface area (Å²) in [6, 6.07) is 5.39. The van der Waals surface area contributed by atoms with Crippen LogP contribution in [-0.2, 0) is 9.53 Å². The smallest absolute Gasteiger partial charge is 0.340 e. The molecule has 1 aliphatic carbocycles. The highest BCUT2D eigenvalue weighted by atomic mass is 35.5. The Kier molecular flexibility index (Phi) is 4.94. The highest BCUT2D eigenvalue weighted by Crippen LogP contribution is 2.24. The summed E-state index contributed by atoms with van der Waals surface area (Å²) in [5.74, 6) is -0.845. The lowest BCUT2D eigenvalue weighted by Gasteiger charge is -2.14. The molecule has 0 heterocycles. The van der Waals surface area contributed by atoms with Crippen LogP contribution < -0.4 is 5.32 Å². The van der Waals surface area contributed by atoms with Crippen molar-refractivity contribution in [3.8, 4) is 0 Å². The molecular formula is C14H16ClNO3S. The Bertz CT molecular complexity index is 531. The van der Waals surface area contributed by atoms with Crippen LogP contribution in [0.4, 0.5) is 0 Å². The van der Waals surface area contributed by atoms with E-state index in [2.05, 4.69) is 5.32 Å². The monoisotopic (exact) mass is 313 g/mol. The van der Waals surface area contributed by atoms with Crippen molar-refractivity contribution in [2.75, 3.05) is 6.26 Å². The molecule has 0 aromatic heterocycles. The molecule has 0 radical (unpaired) electrons. The molecule has 1 amide bonds. The van der Waals surface area contributed by atoms with E-state index < -0.39 is 12.1 Å². The van der Waals surface area contributed by atoms with E-state index in [9.17, 15) is 9.59 Å². The van der Waals surface area contributed by atoms with Crippen molar-refractivity contribution in [3.05, 3.63) is 28.8 Å². The lowest BCUT2D eigenvalue weighted by atomic mass is 10.2. The average Bonchev–Trinajstić information content (AvgIpc) is 3.23. The minimum atomic E-state index is -0.822. The number of benzene rings is 1. The lowest BCUT2D eigenvalue weighted by Crippen LogP contribution is -2.37. The van der Waals surface area contributed by atoms with Crippen molar-refractivity contribution < 1.29 is 14.3 Å². The second-order valence-electron chi connectivity index (χ2n) is 4.68. The van der Waals surface area contributed by atoms with E-state index in [4.69, 9.17) is 16.3 Å². The van der Waals surface area contributed by atoms with Gasteiger partial charge in [-0.1, -0.05) is 11.6 Å². The average molecular weight is 314 g/mol. The fourth-order valence-electron chi connectivity index (χ4n) is 1.61. The molecule has 0 saturated heterocycles. The van der Waals surface area contributed by atoms with Gasteiger partial charge in [0.2, 0.25) is 0 Å². The molecule has 0 spiro atoms. The van der Waals surface area contributed by atoms with Crippen molar-refractivity contribution in [2.24, 2.45) is 0 Å². The van der Waals surface area contributed by atoms with Gasteiger partial charge >= 0.3 is 5.97 Å². The summed E-state index contributed by atoms with van der Waals surface area (Å²) in [4.78, 5) is 24.7. The van der Waals surface area contributed by atoms with E-state index in [1.165, 1.54) is 11.8 Å². The number of halogens is 1. The molecule has 108 valence electrons. The van der Waals surface area contributed by atoms with Gasteiger partial charge in [0.1, 0.15) is 0 Å². The number of nitrogens with one attached hydrogen (secondary N) is 1. The zero-order valence-electron chi connectivity index (χ0n) is 11.3. The number of hydrogen-bond donors (Lipinski definition) is 1. The van der Waals surface area contributed by atoms with Gasteiger partial charge in [-0.15, -0.1) is 11.8 Å². The summed E-state index contributed by atoms with van der Waals surface area (Å²) in [6.07, 6.45) is 3.07. The maximum Gasteiger partial charge on any atom is 0.340 e. The molecule has 0 unspecified atom stereocenters. The number of carbonyl (C=O) groups is 2. The van der Waals surface area contributed by atoms with Crippen LogP contribution in [0.3, 0.4) is 0 Å². The second kappa shape index (κ2) is 6.50. The summed E-state index contributed by atoms with van der Waals surface area (Å²) in [7, 11) is 0. The van der Waals surface area contributed by atoms with Gasteiger partial charge in [0, 0.05) is 10.9 Å². The number of thioether (sulfide) groups is 1. The Morgan fingerprint density at radius 1 is 1.45 bits per heavy atom. The Labute approximate surface area is 127 Å². The minimum absolute atomic E-state index is 0.243. The first-order valence-corrected chi connectivity index (χ1v) is 7.96.